The molecule has 4 rings (SSSR count). The van der Waals surface area contributed by atoms with Gasteiger partial charge in [-0.2, -0.15) is 0 Å². The summed E-state index contributed by atoms with van der Waals surface area (Å²) in [6.07, 6.45) is 2.58. The average molecular weight is 512 g/mol. The Morgan fingerprint density at radius 3 is 2.17 bits per heavy atom. The topological polar surface area (TPSA) is 84.7 Å². The maximum atomic E-state index is 13.1. The van der Waals surface area contributed by atoms with E-state index in [1.165, 1.54) is 4.31 Å². The van der Waals surface area contributed by atoms with Gasteiger partial charge >= 0.3 is 0 Å². The summed E-state index contributed by atoms with van der Waals surface area (Å²) in [7, 11) is -7.37. The number of nitrogens with zero attached hydrogens (tertiary/aromatic N) is 1. The van der Waals surface area contributed by atoms with E-state index in [0.29, 0.717) is 17.5 Å². The molecule has 0 aliphatic heterocycles. The summed E-state index contributed by atoms with van der Waals surface area (Å²) in [6, 6.07) is 21.9. The van der Waals surface area contributed by atoms with Crippen LogP contribution >= 0.6 is 0 Å². The van der Waals surface area contributed by atoms with Gasteiger partial charge in [0, 0.05) is 17.7 Å². The number of hydrogen-bond donors (Lipinski definition) is 0. The molecule has 0 amide bonds. The van der Waals surface area contributed by atoms with Crippen LogP contribution in [0.1, 0.15) is 31.1 Å². The summed E-state index contributed by atoms with van der Waals surface area (Å²) in [5.74, 6) is 0.0265. The van der Waals surface area contributed by atoms with Crippen molar-refractivity contribution in [2.24, 2.45) is 0 Å². The molecule has 35 heavy (non-hydrogen) atoms. The zero-order chi connectivity index (χ0) is 25.2. The molecular formula is C27H29NO5S2. The first-order chi connectivity index (χ1) is 16.6. The molecule has 0 aliphatic carbocycles. The highest BCUT2D eigenvalue weighted by Crippen LogP contribution is 2.41. The third kappa shape index (κ3) is 5.28. The first-order valence-corrected chi connectivity index (χ1v) is 15.0. The molecular weight excluding hydrogens is 482 g/mol. The lowest BCUT2D eigenvalue weighted by Crippen LogP contribution is -2.31. The number of fused-ring (bicyclic) bond motifs is 1. The van der Waals surface area contributed by atoms with E-state index in [-0.39, 0.29) is 28.8 Å². The molecule has 0 N–H and O–H groups in total. The monoisotopic (exact) mass is 511 g/mol. The second-order valence-corrected chi connectivity index (χ2v) is 12.5. The van der Waals surface area contributed by atoms with Crippen molar-refractivity contribution >= 4 is 36.5 Å². The Morgan fingerprint density at radius 1 is 0.857 bits per heavy atom. The molecule has 3 aromatic carbocycles. The summed E-state index contributed by atoms with van der Waals surface area (Å²) in [4.78, 5) is 0.190. The van der Waals surface area contributed by atoms with Crippen LogP contribution in [0.3, 0.4) is 0 Å². The lowest BCUT2D eigenvalue weighted by molar-refractivity contribution is 0.514. The number of rotatable bonds is 9. The number of sulfonamides is 1. The third-order valence-corrected chi connectivity index (χ3v) is 8.81. The SMILES string of the molecule is CCCCN(c1oc(CS(=O)(=O)c2ccccc2)c(C)c1-c1ccc2ccccc2c1)S(C)(=O)=O. The van der Waals surface area contributed by atoms with Gasteiger partial charge in [-0.3, -0.25) is 0 Å². The standard InChI is InChI=1S/C27H29NO5S2/c1-4-5-17-28(34(3,29)30)27-26(23-16-15-21-11-9-10-12-22(21)18-23)20(2)25(33-27)19-35(31,32)24-13-7-6-8-14-24/h6-16,18H,4-5,17,19H2,1-3H3. The molecule has 0 bridgehead atoms. The first-order valence-electron chi connectivity index (χ1n) is 11.5. The summed E-state index contributed by atoms with van der Waals surface area (Å²) >= 11 is 0. The van der Waals surface area contributed by atoms with Crippen molar-refractivity contribution in [1.82, 2.24) is 0 Å². The maximum absolute atomic E-state index is 13.1. The first kappa shape index (κ1) is 25.0. The zero-order valence-corrected chi connectivity index (χ0v) is 21.7. The Kier molecular flexibility index (Phi) is 7.05. The van der Waals surface area contributed by atoms with Gasteiger partial charge in [0.2, 0.25) is 15.9 Å². The van der Waals surface area contributed by atoms with Crippen LogP contribution in [0.25, 0.3) is 21.9 Å². The molecule has 0 atom stereocenters. The molecule has 1 aromatic heterocycles. The lowest BCUT2D eigenvalue weighted by atomic mass is 9.99. The minimum atomic E-state index is -3.70. The number of sulfone groups is 1. The van der Waals surface area contributed by atoms with Crippen molar-refractivity contribution in [1.29, 1.82) is 0 Å². The van der Waals surface area contributed by atoms with Gasteiger partial charge in [0.1, 0.15) is 11.5 Å². The summed E-state index contributed by atoms with van der Waals surface area (Å²) < 4.78 is 59.3. The van der Waals surface area contributed by atoms with E-state index in [2.05, 4.69) is 0 Å². The number of unbranched alkanes of at least 4 members (excludes halogenated alkanes) is 1. The Labute approximate surface area is 207 Å². The molecule has 0 aliphatic rings. The van der Waals surface area contributed by atoms with Gasteiger partial charge in [0.25, 0.3) is 0 Å². The zero-order valence-electron chi connectivity index (χ0n) is 20.1. The fourth-order valence-electron chi connectivity index (χ4n) is 4.15. The second-order valence-electron chi connectivity index (χ2n) is 8.65. The molecule has 6 nitrogen and oxygen atoms in total. The van der Waals surface area contributed by atoms with E-state index in [1.54, 1.807) is 37.3 Å². The van der Waals surface area contributed by atoms with Gasteiger partial charge in [-0.15, -0.1) is 0 Å². The largest absolute Gasteiger partial charge is 0.442 e. The van der Waals surface area contributed by atoms with Gasteiger partial charge in [0.05, 0.1) is 11.2 Å². The molecule has 0 fully saturated rings. The van der Waals surface area contributed by atoms with Crippen LogP contribution in [-0.4, -0.2) is 29.6 Å². The predicted molar refractivity (Wildman–Crippen MR) is 141 cm³/mol. The number of furan rings is 1. The molecule has 0 radical (unpaired) electrons. The molecule has 0 unspecified atom stereocenters. The third-order valence-electron chi connectivity index (χ3n) is 6.03. The molecule has 184 valence electrons. The smallest absolute Gasteiger partial charge is 0.234 e. The minimum absolute atomic E-state index is 0.159. The van der Waals surface area contributed by atoms with Crippen molar-refractivity contribution in [2.45, 2.75) is 37.3 Å². The van der Waals surface area contributed by atoms with Crippen molar-refractivity contribution in [3.63, 3.8) is 0 Å². The van der Waals surface area contributed by atoms with Crippen LogP contribution in [-0.2, 0) is 25.6 Å². The van der Waals surface area contributed by atoms with Crippen molar-refractivity contribution in [3.8, 4) is 11.1 Å². The molecule has 8 heteroatoms. The highest BCUT2D eigenvalue weighted by Gasteiger charge is 2.30. The van der Waals surface area contributed by atoms with E-state index in [9.17, 15) is 16.8 Å². The normalized spacial score (nSPS) is 12.2. The van der Waals surface area contributed by atoms with Gasteiger partial charge in [-0.05, 0) is 47.9 Å². The molecule has 0 saturated heterocycles. The highest BCUT2D eigenvalue weighted by atomic mass is 32.2. The van der Waals surface area contributed by atoms with Crippen molar-refractivity contribution in [2.75, 3.05) is 17.1 Å². The summed E-state index contributed by atoms with van der Waals surface area (Å²) in [5, 5.41) is 2.05. The Hall–Kier alpha value is -3.10. The second kappa shape index (κ2) is 9.87. The van der Waals surface area contributed by atoms with Crippen molar-refractivity contribution < 1.29 is 21.3 Å². The molecule has 0 saturated carbocycles. The minimum Gasteiger partial charge on any atom is -0.442 e. The van der Waals surface area contributed by atoms with Gasteiger partial charge in [-0.25, -0.2) is 21.1 Å². The quantitative estimate of drug-likeness (QED) is 0.277. The maximum Gasteiger partial charge on any atom is 0.234 e. The molecule has 0 spiro atoms. The lowest BCUT2D eigenvalue weighted by Gasteiger charge is -2.21. The van der Waals surface area contributed by atoms with Gasteiger partial charge in [-0.1, -0.05) is 67.9 Å². The molecule has 1 heterocycles. The summed E-state index contributed by atoms with van der Waals surface area (Å²) in [6.45, 7) is 4.01. The van der Waals surface area contributed by atoms with E-state index in [1.807, 2.05) is 49.4 Å². The van der Waals surface area contributed by atoms with Crippen LogP contribution in [0.5, 0.6) is 0 Å². The van der Waals surface area contributed by atoms with Crippen LogP contribution in [0.2, 0.25) is 0 Å². The number of benzene rings is 3. The summed E-state index contributed by atoms with van der Waals surface area (Å²) in [5.41, 5.74) is 1.98. The fraction of sp³-hybridized carbons (Fsp3) is 0.259. The van der Waals surface area contributed by atoms with Crippen LogP contribution < -0.4 is 4.31 Å². The van der Waals surface area contributed by atoms with Crippen LogP contribution in [0.15, 0.2) is 82.1 Å². The Morgan fingerprint density at radius 2 is 1.51 bits per heavy atom. The van der Waals surface area contributed by atoms with E-state index >= 15 is 0 Å². The van der Waals surface area contributed by atoms with Crippen LogP contribution in [0.4, 0.5) is 5.88 Å². The average Bonchev–Trinajstić information content (AvgIpc) is 3.13. The van der Waals surface area contributed by atoms with Crippen molar-refractivity contribution in [3.05, 3.63) is 84.1 Å². The fourth-order valence-corrected chi connectivity index (χ4v) is 6.40. The van der Waals surface area contributed by atoms with E-state index in [0.717, 1.165) is 29.0 Å². The van der Waals surface area contributed by atoms with Gasteiger partial charge in [0.15, 0.2) is 9.84 Å². The predicted octanol–water partition coefficient (Wildman–Crippen LogP) is 5.95. The van der Waals surface area contributed by atoms with E-state index < -0.39 is 19.9 Å². The Balaban J connectivity index is 1.91. The van der Waals surface area contributed by atoms with Gasteiger partial charge < -0.3 is 4.42 Å². The van der Waals surface area contributed by atoms with Crippen LogP contribution in [0, 0.1) is 6.92 Å². The number of anilines is 1. The molecule has 4 aromatic rings. The van der Waals surface area contributed by atoms with E-state index in [4.69, 9.17) is 4.42 Å². The highest BCUT2D eigenvalue weighted by molar-refractivity contribution is 7.92. The Bertz CT molecular complexity index is 1560. The number of hydrogen-bond acceptors (Lipinski definition) is 5.